The number of aryl methyl sites for hydroxylation is 3. The van der Waals surface area contributed by atoms with E-state index in [2.05, 4.69) is 15.4 Å². The Kier molecular flexibility index (Phi) is 3.02. The van der Waals surface area contributed by atoms with Gasteiger partial charge in [-0.15, -0.1) is 0 Å². The molecule has 0 unspecified atom stereocenters. The van der Waals surface area contributed by atoms with Gasteiger partial charge in [-0.1, -0.05) is 29.5 Å². The molecule has 0 radical (unpaired) electrons. The molecule has 1 aromatic carbocycles. The van der Waals surface area contributed by atoms with Crippen molar-refractivity contribution in [2.24, 2.45) is 0 Å². The van der Waals surface area contributed by atoms with E-state index in [4.69, 9.17) is 0 Å². The zero-order valence-corrected chi connectivity index (χ0v) is 12.3. The van der Waals surface area contributed by atoms with Crippen molar-refractivity contribution in [2.45, 2.75) is 20.8 Å². The molecule has 0 aliphatic heterocycles. The van der Waals surface area contributed by atoms with Crippen LogP contribution in [0.3, 0.4) is 0 Å². The normalized spacial score (nSPS) is 10.9. The molecule has 0 fully saturated rings. The molecule has 2 heterocycles. The summed E-state index contributed by atoms with van der Waals surface area (Å²) in [5, 5.41) is 8.10. The Morgan fingerprint density at radius 3 is 2.60 bits per heavy atom. The van der Waals surface area contributed by atoms with Crippen molar-refractivity contribution in [3.63, 3.8) is 0 Å². The molecule has 0 aliphatic rings. The number of carbonyl (C=O) groups is 1. The lowest BCUT2D eigenvalue weighted by molar-refractivity contribution is 0.102. The van der Waals surface area contributed by atoms with Gasteiger partial charge in [-0.3, -0.25) is 4.79 Å². The van der Waals surface area contributed by atoms with Crippen LogP contribution in [-0.2, 0) is 0 Å². The van der Waals surface area contributed by atoms with E-state index < -0.39 is 0 Å². The van der Waals surface area contributed by atoms with Gasteiger partial charge >= 0.3 is 0 Å². The van der Waals surface area contributed by atoms with E-state index in [9.17, 15) is 4.79 Å². The van der Waals surface area contributed by atoms with E-state index in [0.717, 1.165) is 26.8 Å². The predicted octanol–water partition coefficient (Wildman–Crippen LogP) is 2.97. The zero-order chi connectivity index (χ0) is 14.3. The van der Waals surface area contributed by atoms with E-state index in [-0.39, 0.29) is 5.91 Å². The highest BCUT2D eigenvalue weighted by atomic mass is 32.1. The summed E-state index contributed by atoms with van der Waals surface area (Å²) in [7, 11) is 0. The van der Waals surface area contributed by atoms with Crippen molar-refractivity contribution in [2.75, 3.05) is 5.32 Å². The average molecular weight is 286 g/mol. The first-order valence-electron chi connectivity index (χ1n) is 6.25. The molecule has 20 heavy (non-hydrogen) atoms. The molecule has 1 N–H and O–H groups in total. The van der Waals surface area contributed by atoms with Crippen LogP contribution in [-0.4, -0.2) is 20.5 Å². The Balaban J connectivity index is 1.90. The van der Waals surface area contributed by atoms with E-state index in [1.54, 1.807) is 10.7 Å². The fraction of sp³-hybridized carbons (Fsp3) is 0.214. The molecule has 102 valence electrons. The Hall–Kier alpha value is -2.21. The molecule has 6 heteroatoms. The SMILES string of the molecule is Cc1nn2cc(C(=O)Nc3c(C)cccc3C)nc2s1. The number of imidazole rings is 1. The van der Waals surface area contributed by atoms with Gasteiger partial charge < -0.3 is 5.32 Å². The lowest BCUT2D eigenvalue weighted by Crippen LogP contribution is -2.14. The van der Waals surface area contributed by atoms with Crippen molar-refractivity contribution in [3.8, 4) is 0 Å². The number of para-hydroxylation sites is 1. The highest BCUT2D eigenvalue weighted by molar-refractivity contribution is 7.16. The van der Waals surface area contributed by atoms with Crippen LogP contribution in [0.15, 0.2) is 24.4 Å². The third kappa shape index (κ3) is 2.18. The summed E-state index contributed by atoms with van der Waals surface area (Å²) < 4.78 is 1.64. The predicted molar refractivity (Wildman–Crippen MR) is 79.5 cm³/mol. The molecule has 0 bridgehead atoms. The first-order valence-corrected chi connectivity index (χ1v) is 7.06. The quantitative estimate of drug-likeness (QED) is 0.788. The molecule has 0 spiro atoms. The second-order valence-corrected chi connectivity index (χ2v) is 5.86. The fourth-order valence-corrected chi connectivity index (χ4v) is 2.82. The molecule has 1 amide bonds. The number of aromatic nitrogens is 3. The van der Waals surface area contributed by atoms with Gasteiger partial charge in [0.2, 0.25) is 4.96 Å². The number of hydrogen-bond donors (Lipinski definition) is 1. The maximum absolute atomic E-state index is 12.3. The van der Waals surface area contributed by atoms with Crippen molar-refractivity contribution < 1.29 is 4.79 Å². The van der Waals surface area contributed by atoms with Crippen LogP contribution in [0.5, 0.6) is 0 Å². The van der Waals surface area contributed by atoms with Gasteiger partial charge in [0.25, 0.3) is 5.91 Å². The summed E-state index contributed by atoms with van der Waals surface area (Å²) in [6.45, 7) is 5.86. The molecule has 5 nitrogen and oxygen atoms in total. The van der Waals surface area contributed by atoms with Crippen molar-refractivity contribution in [1.29, 1.82) is 0 Å². The number of hydrogen-bond acceptors (Lipinski definition) is 4. The van der Waals surface area contributed by atoms with Gasteiger partial charge in [0.1, 0.15) is 10.7 Å². The summed E-state index contributed by atoms with van der Waals surface area (Å²) in [6.07, 6.45) is 1.65. The Labute approximate surface area is 120 Å². The highest BCUT2D eigenvalue weighted by Crippen LogP contribution is 2.21. The van der Waals surface area contributed by atoms with E-state index in [1.807, 2.05) is 39.0 Å². The minimum Gasteiger partial charge on any atom is -0.320 e. The molecule has 3 rings (SSSR count). The minimum absolute atomic E-state index is 0.210. The highest BCUT2D eigenvalue weighted by Gasteiger charge is 2.14. The summed E-state index contributed by atoms with van der Waals surface area (Å²) in [4.78, 5) is 17.3. The summed E-state index contributed by atoms with van der Waals surface area (Å²) in [5.41, 5.74) is 3.30. The summed E-state index contributed by atoms with van der Waals surface area (Å²) >= 11 is 1.46. The van der Waals surface area contributed by atoms with Crippen LogP contribution in [0.4, 0.5) is 5.69 Å². The number of anilines is 1. The van der Waals surface area contributed by atoms with Crippen LogP contribution in [0.1, 0.15) is 26.6 Å². The Bertz CT molecular complexity index is 751. The zero-order valence-electron chi connectivity index (χ0n) is 11.5. The maximum Gasteiger partial charge on any atom is 0.276 e. The van der Waals surface area contributed by atoms with Gasteiger partial charge in [0, 0.05) is 5.69 Å². The monoisotopic (exact) mass is 286 g/mol. The number of nitrogens with zero attached hydrogens (tertiary/aromatic N) is 3. The van der Waals surface area contributed by atoms with Gasteiger partial charge in [-0.05, 0) is 31.9 Å². The average Bonchev–Trinajstić information content (AvgIpc) is 2.91. The molecule has 0 aliphatic carbocycles. The van der Waals surface area contributed by atoms with Gasteiger partial charge in [0.15, 0.2) is 0 Å². The van der Waals surface area contributed by atoms with Crippen LogP contribution < -0.4 is 5.32 Å². The number of rotatable bonds is 2. The second kappa shape index (κ2) is 4.72. The first-order chi connectivity index (χ1) is 9.54. The Morgan fingerprint density at radius 1 is 1.25 bits per heavy atom. The third-order valence-corrected chi connectivity index (χ3v) is 3.93. The van der Waals surface area contributed by atoms with Gasteiger partial charge in [-0.25, -0.2) is 9.50 Å². The van der Waals surface area contributed by atoms with Gasteiger partial charge in [-0.2, -0.15) is 5.10 Å². The lowest BCUT2D eigenvalue weighted by Gasteiger charge is -2.09. The molecule has 0 saturated carbocycles. The van der Waals surface area contributed by atoms with Crippen molar-refractivity contribution in [1.82, 2.24) is 14.6 Å². The number of benzene rings is 1. The topological polar surface area (TPSA) is 59.3 Å². The molecular formula is C14H14N4OS. The number of carbonyl (C=O) groups excluding carboxylic acids is 1. The first kappa shape index (κ1) is 12.8. The van der Waals surface area contributed by atoms with Gasteiger partial charge in [0.05, 0.1) is 6.20 Å². The van der Waals surface area contributed by atoms with Crippen LogP contribution in [0, 0.1) is 20.8 Å². The summed E-state index contributed by atoms with van der Waals surface area (Å²) in [5.74, 6) is -0.210. The molecule has 0 atom stereocenters. The fourth-order valence-electron chi connectivity index (χ4n) is 2.10. The number of nitrogens with one attached hydrogen (secondary N) is 1. The molecule has 3 aromatic rings. The lowest BCUT2D eigenvalue weighted by atomic mass is 10.1. The second-order valence-electron chi connectivity index (χ2n) is 4.70. The van der Waals surface area contributed by atoms with Crippen molar-refractivity contribution in [3.05, 3.63) is 46.2 Å². The Morgan fingerprint density at radius 2 is 1.95 bits per heavy atom. The minimum atomic E-state index is -0.210. The van der Waals surface area contributed by atoms with E-state index in [1.165, 1.54) is 11.3 Å². The van der Waals surface area contributed by atoms with Crippen LogP contribution in [0.25, 0.3) is 4.96 Å². The molecule has 0 saturated heterocycles. The largest absolute Gasteiger partial charge is 0.320 e. The van der Waals surface area contributed by atoms with Crippen LogP contribution in [0.2, 0.25) is 0 Å². The number of fused-ring (bicyclic) bond motifs is 1. The molecule has 2 aromatic heterocycles. The van der Waals surface area contributed by atoms with E-state index >= 15 is 0 Å². The van der Waals surface area contributed by atoms with Crippen molar-refractivity contribution >= 4 is 27.9 Å². The van der Waals surface area contributed by atoms with E-state index in [0.29, 0.717) is 5.69 Å². The summed E-state index contributed by atoms with van der Waals surface area (Å²) in [6, 6.07) is 5.91. The number of amides is 1. The smallest absolute Gasteiger partial charge is 0.276 e. The standard InChI is InChI=1S/C14H14N4OS/c1-8-5-4-6-9(2)12(8)16-13(19)11-7-18-14(15-11)20-10(3)17-18/h4-7H,1-3H3,(H,16,19). The third-order valence-electron chi connectivity index (χ3n) is 3.10. The maximum atomic E-state index is 12.3. The van der Waals surface area contributed by atoms with Crippen LogP contribution >= 0.6 is 11.3 Å². The molecular weight excluding hydrogens is 272 g/mol.